The molecule has 8 nitrogen and oxygen atoms in total. The Balaban J connectivity index is 1.55. The van der Waals surface area contributed by atoms with Crippen molar-refractivity contribution in [3.05, 3.63) is 36.2 Å². The fourth-order valence-corrected chi connectivity index (χ4v) is 3.57. The van der Waals surface area contributed by atoms with E-state index in [2.05, 4.69) is 20.5 Å². The van der Waals surface area contributed by atoms with Gasteiger partial charge in [-0.3, -0.25) is 9.48 Å². The molecular formula is C18H20F2N4O4. The minimum absolute atomic E-state index is 0.00791. The SMILES string of the molecule is O=C(NCc1cc2c(cc1OC(F)F)OCO2)C1(n2cccn2)CCNCC1. The van der Waals surface area contributed by atoms with Crippen LogP contribution >= 0.6 is 0 Å². The Morgan fingerprint density at radius 1 is 1.32 bits per heavy atom. The second-order valence-electron chi connectivity index (χ2n) is 6.61. The number of aromatic nitrogens is 2. The summed E-state index contributed by atoms with van der Waals surface area (Å²) in [5.74, 6) is 0.475. The Bertz CT molecular complexity index is 838. The van der Waals surface area contributed by atoms with Gasteiger partial charge < -0.3 is 24.8 Å². The van der Waals surface area contributed by atoms with E-state index in [9.17, 15) is 13.6 Å². The molecule has 1 aromatic carbocycles. The fourth-order valence-electron chi connectivity index (χ4n) is 3.57. The summed E-state index contributed by atoms with van der Waals surface area (Å²) >= 11 is 0. The lowest BCUT2D eigenvalue weighted by Crippen LogP contribution is -2.54. The normalized spacial score (nSPS) is 17.5. The topological polar surface area (TPSA) is 86.6 Å². The molecule has 2 aliphatic rings. The van der Waals surface area contributed by atoms with Gasteiger partial charge in [0.15, 0.2) is 11.5 Å². The summed E-state index contributed by atoms with van der Waals surface area (Å²) in [6, 6.07) is 4.66. The number of halogens is 2. The van der Waals surface area contributed by atoms with Crippen LogP contribution in [0.5, 0.6) is 17.2 Å². The molecule has 2 N–H and O–H groups in total. The van der Waals surface area contributed by atoms with E-state index < -0.39 is 12.2 Å². The minimum atomic E-state index is -2.99. The summed E-state index contributed by atoms with van der Waals surface area (Å²) in [5, 5.41) is 10.3. The summed E-state index contributed by atoms with van der Waals surface area (Å²) in [7, 11) is 0. The molecule has 2 aromatic rings. The largest absolute Gasteiger partial charge is 0.454 e. The van der Waals surface area contributed by atoms with Crippen molar-refractivity contribution in [1.29, 1.82) is 0 Å². The number of nitrogens with one attached hydrogen (secondary N) is 2. The van der Waals surface area contributed by atoms with Gasteiger partial charge in [0.1, 0.15) is 11.3 Å². The number of nitrogens with zero attached hydrogens (tertiary/aromatic N) is 2. The molecule has 10 heteroatoms. The van der Waals surface area contributed by atoms with Gasteiger partial charge in [-0.25, -0.2) is 0 Å². The van der Waals surface area contributed by atoms with Crippen LogP contribution in [-0.2, 0) is 16.9 Å². The van der Waals surface area contributed by atoms with Gasteiger partial charge in [0.25, 0.3) is 0 Å². The molecule has 0 saturated carbocycles. The van der Waals surface area contributed by atoms with Crippen molar-refractivity contribution in [2.24, 2.45) is 0 Å². The zero-order valence-corrected chi connectivity index (χ0v) is 15.0. The van der Waals surface area contributed by atoms with Crippen LogP contribution in [0.2, 0.25) is 0 Å². The van der Waals surface area contributed by atoms with Gasteiger partial charge in [-0.1, -0.05) is 0 Å². The van der Waals surface area contributed by atoms with Gasteiger partial charge in [-0.15, -0.1) is 0 Å². The number of hydrogen-bond acceptors (Lipinski definition) is 6. The highest BCUT2D eigenvalue weighted by molar-refractivity contribution is 5.84. The number of amides is 1. The Morgan fingerprint density at radius 2 is 2.07 bits per heavy atom. The average Bonchev–Trinajstić information content (AvgIpc) is 3.37. The van der Waals surface area contributed by atoms with Crippen LogP contribution in [0.3, 0.4) is 0 Å². The number of rotatable bonds is 6. The zero-order valence-electron chi connectivity index (χ0n) is 15.0. The number of carbonyl (C=O) groups excluding carboxylic acids is 1. The first-order valence-electron chi connectivity index (χ1n) is 8.95. The number of hydrogen-bond donors (Lipinski definition) is 2. The molecule has 2 aliphatic heterocycles. The van der Waals surface area contributed by atoms with Crippen LogP contribution in [-0.4, -0.2) is 42.2 Å². The minimum Gasteiger partial charge on any atom is -0.454 e. The van der Waals surface area contributed by atoms with Gasteiger partial charge in [0, 0.05) is 30.6 Å². The molecule has 0 bridgehead atoms. The predicted octanol–water partition coefficient (Wildman–Crippen LogP) is 1.61. The maximum Gasteiger partial charge on any atom is 0.387 e. The van der Waals surface area contributed by atoms with Crippen LogP contribution in [0.1, 0.15) is 18.4 Å². The molecule has 3 heterocycles. The first-order valence-corrected chi connectivity index (χ1v) is 8.95. The van der Waals surface area contributed by atoms with E-state index in [0.29, 0.717) is 43.0 Å². The third-order valence-electron chi connectivity index (χ3n) is 5.01. The summed E-state index contributed by atoms with van der Waals surface area (Å²) in [6.07, 6.45) is 4.53. The van der Waals surface area contributed by atoms with Crippen LogP contribution in [0.25, 0.3) is 0 Å². The van der Waals surface area contributed by atoms with Gasteiger partial charge in [0.05, 0.1) is 0 Å². The summed E-state index contributed by atoms with van der Waals surface area (Å²) in [4.78, 5) is 13.1. The first kappa shape index (κ1) is 18.5. The molecular weight excluding hydrogens is 374 g/mol. The van der Waals surface area contributed by atoms with Crippen molar-refractivity contribution >= 4 is 5.91 Å². The molecule has 28 heavy (non-hydrogen) atoms. The molecule has 0 atom stereocenters. The van der Waals surface area contributed by atoms with Crippen molar-refractivity contribution in [2.75, 3.05) is 19.9 Å². The number of piperidine rings is 1. The zero-order chi connectivity index (χ0) is 19.6. The van der Waals surface area contributed by atoms with E-state index >= 15 is 0 Å². The third kappa shape index (κ3) is 3.47. The number of benzene rings is 1. The van der Waals surface area contributed by atoms with Gasteiger partial charge in [0.2, 0.25) is 12.7 Å². The predicted molar refractivity (Wildman–Crippen MR) is 93.3 cm³/mol. The molecule has 0 unspecified atom stereocenters. The number of ether oxygens (including phenoxy) is 3. The number of fused-ring (bicyclic) bond motifs is 1. The molecule has 0 spiro atoms. The van der Waals surface area contributed by atoms with E-state index in [4.69, 9.17) is 9.47 Å². The van der Waals surface area contributed by atoms with Crippen LogP contribution in [0, 0.1) is 0 Å². The molecule has 0 aliphatic carbocycles. The molecule has 1 aromatic heterocycles. The lowest BCUT2D eigenvalue weighted by atomic mass is 9.87. The standard InChI is InChI=1S/C18H20F2N4O4/c19-17(20)28-13-9-15-14(26-11-27-15)8-12(13)10-22-16(25)18(2-5-21-6-3-18)24-7-1-4-23-24/h1,4,7-9,17,21H,2-3,5-6,10-11H2,(H,22,25). The van der Waals surface area contributed by atoms with Crippen molar-refractivity contribution in [3.8, 4) is 17.2 Å². The number of alkyl halides is 2. The Labute approximate surface area is 159 Å². The van der Waals surface area contributed by atoms with Crippen LogP contribution < -0.4 is 24.8 Å². The Morgan fingerprint density at radius 3 is 2.75 bits per heavy atom. The quantitative estimate of drug-likeness (QED) is 0.774. The molecule has 150 valence electrons. The van der Waals surface area contributed by atoms with E-state index in [1.54, 1.807) is 29.2 Å². The summed E-state index contributed by atoms with van der Waals surface area (Å²) in [6.45, 7) is -1.62. The van der Waals surface area contributed by atoms with Crippen LogP contribution in [0.15, 0.2) is 30.6 Å². The first-order chi connectivity index (χ1) is 13.6. The number of carbonyl (C=O) groups is 1. The highest BCUT2D eigenvalue weighted by Crippen LogP contribution is 2.39. The molecule has 1 saturated heterocycles. The molecule has 1 fully saturated rings. The van der Waals surface area contributed by atoms with Crippen molar-refractivity contribution in [1.82, 2.24) is 20.4 Å². The summed E-state index contributed by atoms with van der Waals surface area (Å²) < 4.78 is 42.4. The fraction of sp³-hybridized carbons (Fsp3) is 0.444. The summed E-state index contributed by atoms with van der Waals surface area (Å²) in [5.41, 5.74) is -0.447. The molecule has 0 radical (unpaired) electrons. The van der Waals surface area contributed by atoms with E-state index in [1.807, 2.05) is 0 Å². The second-order valence-corrected chi connectivity index (χ2v) is 6.61. The lowest BCUT2D eigenvalue weighted by molar-refractivity contribution is -0.132. The van der Waals surface area contributed by atoms with E-state index in [-0.39, 0.29) is 25.0 Å². The smallest absolute Gasteiger partial charge is 0.387 e. The monoisotopic (exact) mass is 394 g/mol. The maximum atomic E-state index is 13.1. The Hall–Kier alpha value is -2.88. The highest BCUT2D eigenvalue weighted by Gasteiger charge is 2.41. The average molecular weight is 394 g/mol. The van der Waals surface area contributed by atoms with Gasteiger partial charge in [-0.2, -0.15) is 13.9 Å². The molecule has 4 rings (SSSR count). The maximum absolute atomic E-state index is 13.1. The van der Waals surface area contributed by atoms with Crippen molar-refractivity contribution < 1.29 is 27.8 Å². The van der Waals surface area contributed by atoms with Crippen molar-refractivity contribution in [3.63, 3.8) is 0 Å². The highest BCUT2D eigenvalue weighted by atomic mass is 19.3. The van der Waals surface area contributed by atoms with E-state index in [1.165, 1.54) is 6.07 Å². The van der Waals surface area contributed by atoms with Crippen LogP contribution in [0.4, 0.5) is 8.78 Å². The second kappa shape index (κ2) is 7.63. The van der Waals surface area contributed by atoms with E-state index in [0.717, 1.165) is 0 Å². The van der Waals surface area contributed by atoms with Gasteiger partial charge >= 0.3 is 6.61 Å². The third-order valence-corrected chi connectivity index (χ3v) is 5.01. The molecule has 1 amide bonds. The van der Waals surface area contributed by atoms with Crippen molar-refractivity contribution in [2.45, 2.75) is 31.5 Å². The van der Waals surface area contributed by atoms with Gasteiger partial charge in [-0.05, 0) is 38.1 Å². The Kier molecular flexibility index (Phi) is 5.03. The lowest BCUT2D eigenvalue weighted by Gasteiger charge is -2.36.